The second-order valence-electron chi connectivity index (χ2n) is 8.84. The number of ether oxygens (including phenoxy) is 3. The molecule has 2 atom stereocenters. The predicted molar refractivity (Wildman–Crippen MR) is 119 cm³/mol. The summed E-state index contributed by atoms with van der Waals surface area (Å²) in [7, 11) is 0. The van der Waals surface area contributed by atoms with Crippen molar-refractivity contribution in [2.24, 2.45) is 5.92 Å². The lowest BCUT2D eigenvalue weighted by molar-refractivity contribution is -0.154. The summed E-state index contributed by atoms with van der Waals surface area (Å²) >= 11 is 0. The first-order chi connectivity index (χ1) is 16.3. The van der Waals surface area contributed by atoms with Gasteiger partial charge in [-0.05, 0) is 61.9 Å². The third kappa shape index (κ3) is 6.01. The van der Waals surface area contributed by atoms with E-state index in [4.69, 9.17) is 9.47 Å². The summed E-state index contributed by atoms with van der Waals surface area (Å²) < 4.78 is 41.5. The van der Waals surface area contributed by atoms with Crippen molar-refractivity contribution in [1.29, 1.82) is 0 Å². The second kappa shape index (κ2) is 10.4. The summed E-state index contributed by atoms with van der Waals surface area (Å²) in [6.07, 6.45) is 2.47. The number of aromatic nitrogens is 1. The average molecular weight is 475 g/mol. The van der Waals surface area contributed by atoms with Gasteiger partial charge in [0.05, 0.1) is 12.3 Å². The molecule has 0 N–H and O–H groups in total. The van der Waals surface area contributed by atoms with E-state index in [0.717, 1.165) is 24.1 Å². The fourth-order valence-corrected chi connectivity index (χ4v) is 4.15. The largest absolute Gasteiger partial charge is 0.489 e. The first-order valence-corrected chi connectivity index (χ1v) is 11.4. The summed E-state index contributed by atoms with van der Waals surface area (Å²) in [6.45, 7) is 1.08. The third-order valence-corrected chi connectivity index (χ3v) is 6.11. The lowest BCUT2D eigenvalue weighted by Crippen LogP contribution is -2.40. The van der Waals surface area contributed by atoms with Gasteiger partial charge in [-0.2, -0.15) is 8.78 Å². The molecule has 2 aromatic rings. The molecule has 2 unspecified atom stereocenters. The molecule has 2 aliphatic rings. The smallest absolute Gasteiger partial charge is 0.387 e. The number of likely N-dealkylation sites (tertiary alicyclic amines) is 1. The fourth-order valence-electron chi connectivity index (χ4n) is 4.15. The molecule has 1 saturated heterocycles. The van der Waals surface area contributed by atoms with Crippen LogP contribution in [0.2, 0.25) is 0 Å². The second-order valence-corrected chi connectivity index (χ2v) is 8.84. The van der Waals surface area contributed by atoms with E-state index in [1.807, 2.05) is 19.1 Å². The van der Waals surface area contributed by atoms with Crippen molar-refractivity contribution >= 4 is 11.9 Å². The number of rotatable bonds is 9. The molecule has 1 aromatic carbocycles. The maximum atomic E-state index is 12.9. The molecule has 182 valence electrons. The number of carbonyl (C=O) groups is 2. The van der Waals surface area contributed by atoms with E-state index in [1.165, 1.54) is 17.9 Å². The maximum absolute atomic E-state index is 12.9. The lowest BCUT2D eigenvalue weighted by atomic mass is 9.96. The van der Waals surface area contributed by atoms with Crippen LogP contribution in [0, 0.1) is 12.8 Å². The summed E-state index contributed by atoms with van der Waals surface area (Å²) in [6, 6.07) is 9.53. The highest BCUT2D eigenvalue weighted by atomic mass is 19.3. The van der Waals surface area contributed by atoms with Gasteiger partial charge in [0, 0.05) is 25.1 Å². The number of halogens is 2. The molecule has 0 spiro atoms. The Morgan fingerprint density at radius 3 is 2.65 bits per heavy atom. The molecular formula is C25H28F2N2O5. The Balaban J connectivity index is 1.47. The van der Waals surface area contributed by atoms with E-state index in [9.17, 15) is 18.4 Å². The molecule has 2 heterocycles. The molecule has 1 aromatic heterocycles. The molecular weight excluding hydrogens is 446 g/mol. The minimum absolute atomic E-state index is 0.0201. The van der Waals surface area contributed by atoms with Crippen molar-refractivity contribution in [3.05, 3.63) is 53.3 Å². The molecule has 1 aliphatic heterocycles. The van der Waals surface area contributed by atoms with Gasteiger partial charge in [-0.3, -0.25) is 9.78 Å². The zero-order valence-electron chi connectivity index (χ0n) is 19.2. The minimum Gasteiger partial charge on any atom is -0.489 e. The van der Waals surface area contributed by atoms with Gasteiger partial charge in [0.25, 0.3) is 0 Å². The number of aryl methyl sites for hydroxylation is 1. The highest BCUT2D eigenvalue weighted by Crippen LogP contribution is 2.39. The van der Waals surface area contributed by atoms with Gasteiger partial charge >= 0.3 is 12.6 Å². The summed E-state index contributed by atoms with van der Waals surface area (Å²) in [4.78, 5) is 30.9. The number of hydrogen-bond acceptors (Lipinski definition) is 6. The summed E-state index contributed by atoms with van der Waals surface area (Å²) in [5.74, 6) is -0.255. The number of esters is 1. The van der Waals surface area contributed by atoms with E-state index in [1.54, 1.807) is 18.2 Å². The van der Waals surface area contributed by atoms with Crippen LogP contribution in [-0.2, 0) is 20.9 Å². The van der Waals surface area contributed by atoms with Crippen LogP contribution >= 0.6 is 0 Å². The van der Waals surface area contributed by atoms with Crippen molar-refractivity contribution in [2.45, 2.75) is 58.3 Å². The number of benzene rings is 1. The molecule has 0 radical (unpaired) electrons. The SMILES string of the molecule is CC(=O)N1CC(c2ccc(OC(F)F)c(OCC3CC3)c2)CC1C(=O)OCc1cccc(C)n1. The average Bonchev–Trinajstić information content (AvgIpc) is 3.51. The van der Waals surface area contributed by atoms with Gasteiger partial charge in [0.1, 0.15) is 12.6 Å². The van der Waals surface area contributed by atoms with E-state index >= 15 is 0 Å². The van der Waals surface area contributed by atoms with Crippen molar-refractivity contribution in [3.63, 3.8) is 0 Å². The number of alkyl halides is 2. The highest BCUT2D eigenvalue weighted by molar-refractivity contribution is 5.84. The van der Waals surface area contributed by atoms with Gasteiger partial charge in [-0.15, -0.1) is 0 Å². The van der Waals surface area contributed by atoms with Gasteiger partial charge < -0.3 is 19.1 Å². The Hall–Kier alpha value is -3.23. The Bertz CT molecular complexity index is 1040. The van der Waals surface area contributed by atoms with Crippen LogP contribution in [0.25, 0.3) is 0 Å². The first kappa shape index (κ1) is 23.9. The van der Waals surface area contributed by atoms with Crippen LogP contribution in [0.4, 0.5) is 8.78 Å². The lowest BCUT2D eigenvalue weighted by Gasteiger charge is -2.21. The Kier molecular flexibility index (Phi) is 7.29. The monoisotopic (exact) mass is 474 g/mol. The van der Waals surface area contributed by atoms with E-state index in [0.29, 0.717) is 31.2 Å². The summed E-state index contributed by atoms with van der Waals surface area (Å²) in [5.41, 5.74) is 2.23. The van der Waals surface area contributed by atoms with Crippen molar-refractivity contribution < 1.29 is 32.6 Å². The molecule has 34 heavy (non-hydrogen) atoms. The van der Waals surface area contributed by atoms with Crippen LogP contribution in [-0.4, -0.2) is 47.6 Å². The molecule has 7 nitrogen and oxygen atoms in total. The predicted octanol–water partition coefficient (Wildman–Crippen LogP) is 4.23. The number of hydrogen-bond donors (Lipinski definition) is 0. The molecule has 0 bridgehead atoms. The van der Waals surface area contributed by atoms with E-state index in [-0.39, 0.29) is 29.9 Å². The Labute approximate surface area is 197 Å². The van der Waals surface area contributed by atoms with Gasteiger partial charge in [0.15, 0.2) is 11.5 Å². The Morgan fingerprint density at radius 2 is 1.97 bits per heavy atom. The molecule has 9 heteroatoms. The number of carbonyl (C=O) groups excluding carboxylic acids is 2. The van der Waals surface area contributed by atoms with Crippen LogP contribution in [0.3, 0.4) is 0 Å². The van der Waals surface area contributed by atoms with Crippen molar-refractivity contribution in [1.82, 2.24) is 9.88 Å². The maximum Gasteiger partial charge on any atom is 0.387 e. The molecule has 1 amide bonds. The fraction of sp³-hybridized carbons (Fsp3) is 0.480. The normalized spacial score (nSPS) is 19.9. The third-order valence-electron chi connectivity index (χ3n) is 6.11. The number of nitrogens with zero attached hydrogens (tertiary/aromatic N) is 2. The van der Waals surface area contributed by atoms with Crippen molar-refractivity contribution in [3.8, 4) is 11.5 Å². The quantitative estimate of drug-likeness (QED) is 0.507. The first-order valence-electron chi connectivity index (χ1n) is 11.4. The van der Waals surface area contributed by atoms with Gasteiger partial charge in [-0.25, -0.2) is 4.79 Å². The number of pyridine rings is 1. The zero-order valence-corrected chi connectivity index (χ0v) is 19.2. The van der Waals surface area contributed by atoms with Crippen LogP contribution in [0.5, 0.6) is 11.5 Å². The summed E-state index contributed by atoms with van der Waals surface area (Å²) in [5, 5.41) is 0. The van der Waals surface area contributed by atoms with E-state index in [2.05, 4.69) is 9.72 Å². The van der Waals surface area contributed by atoms with Gasteiger partial charge in [-0.1, -0.05) is 12.1 Å². The topological polar surface area (TPSA) is 78.0 Å². The van der Waals surface area contributed by atoms with E-state index < -0.39 is 18.6 Å². The molecule has 1 aliphatic carbocycles. The standard InChI is InChI=1S/C25H28F2N2O5/c1-15-4-3-5-20(28-15)14-33-24(31)21-10-19(12-29(21)16(2)30)18-8-9-22(34-25(26)27)23(11-18)32-13-17-6-7-17/h3-5,8-9,11,17,19,21,25H,6-7,10,12-14H2,1-2H3. The van der Waals surface area contributed by atoms with Crippen LogP contribution < -0.4 is 9.47 Å². The molecule has 4 rings (SSSR count). The highest BCUT2D eigenvalue weighted by Gasteiger charge is 2.40. The van der Waals surface area contributed by atoms with Crippen LogP contribution in [0.15, 0.2) is 36.4 Å². The molecule has 1 saturated carbocycles. The number of amides is 1. The minimum atomic E-state index is -2.96. The molecule has 2 fully saturated rings. The zero-order chi connectivity index (χ0) is 24.2. The Morgan fingerprint density at radius 1 is 1.18 bits per heavy atom. The van der Waals surface area contributed by atoms with Gasteiger partial charge in [0.2, 0.25) is 5.91 Å². The van der Waals surface area contributed by atoms with Crippen molar-refractivity contribution in [2.75, 3.05) is 13.2 Å². The van der Waals surface area contributed by atoms with Crippen LogP contribution in [0.1, 0.15) is 49.1 Å².